The monoisotopic (exact) mass is 386 g/mol. The molecule has 27 heavy (non-hydrogen) atoms. The number of carbonyl (C=O) groups is 1. The second-order valence-corrected chi connectivity index (χ2v) is 6.76. The molecule has 4 nitrogen and oxygen atoms in total. The molecule has 1 aromatic heterocycles. The van der Waals surface area contributed by atoms with Gasteiger partial charge in [-0.1, -0.05) is 12.1 Å². The Morgan fingerprint density at radius 3 is 2.70 bits per heavy atom. The third kappa shape index (κ3) is 5.72. The number of rotatable bonds is 6. The van der Waals surface area contributed by atoms with Crippen molar-refractivity contribution < 1.29 is 18.3 Å². The Hall–Kier alpha value is -3.06. The lowest BCUT2D eigenvalue weighted by Crippen LogP contribution is -2.08. The van der Waals surface area contributed by atoms with Crippen molar-refractivity contribution in [2.75, 3.05) is 5.32 Å². The van der Waals surface area contributed by atoms with E-state index in [0.29, 0.717) is 12.4 Å². The number of amides is 1. The van der Waals surface area contributed by atoms with Crippen molar-refractivity contribution in [3.05, 3.63) is 81.8 Å². The summed E-state index contributed by atoms with van der Waals surface area (Å²) in [6.07, 6.45) is 2.87. The zero-order valence-electron chi connectivity index (χ0n) is 14.4. The molecule has 1 N–H and O–H groups in total. The lowest BCUT2D eigenvalue weighted by Gasteiger charge is -2.05. The van der Waals surface area contributed by atoms with E-state index in [1.165, 1.54) is 6.08 Å². The normalized spacial score (nSPS) is 10.9. The molecule has 0 fully saturated rings. The highest BCUT2D eigenvalue weighted by molar-refractivity contribution is 7.09. The van der Waals surface area contributed by atoms with E-state index in [-0.39, 0.29) is 5.69 Å². The first-order valence-corrected chi connectivity index (χ1v) is 8.95. The quantitative estimate of drug-likeness (QED) is 0.609. The summed E-state index contributed by atoms with van der Waals surface area (Å²) >= 11 is 1.56. The van der Waals surface area contributed by atoms with Gasteiger partial charge in [0.1, 0.15) is 24.0 Å². The van der Waals surface area contributed by atoms with Crippen LogP contribution in [0, 0.1) is 18.6 Å². The molecule has 0 radical (unpaired) electrons. The van der Waals surface area contributed by atoms with Crippen molar-refractivity contribution in [3.8, 4) is 5.75 Å². The Morgan fingerprint density at radius 1 is 1.22 bits per heavy atom. The van der Waals surface area contributed by atoms with Crippen LogP contribution in [0.1, 0.15) is 16.3 Å². The minimum atomic E-state index is -0.755. The first kappa shape index (κ1) is 18.7. The lowest BCUT2D eigenvalue weighted by atomic mass is 10.2. The van der Waals surface area contributed by atoms with E-state index in [0.717, 1.165) is 34.5 Å². The van der Waals surface area contributed by atoms with Gasteiger partial charge in [0, 0.05) is 23.2 Å². The van der Waals surface area contributed by atoms with Crippen molar-refractivity contribution in [2.24, 2.45) is 0 Å². The number of hydrogen-bond acceptors (Lipinski definition) is 4. The number of nitrogens with one attached hydrogen (secondary N) is 1. The van der Waals surface area contributed by atoms with E-state index < -0.39 is 17.5 Å². The summed E-state index contributed by atoms with van der Waals surface area (Å²) in [7, 11) is 0. The Kier molecular flexibility index (Phi) is 5.93. The maximum atomic E-state index is 13.1. The van der Waals surface area contributed by atoms with Crippen LogP contribution in [0.25, 0.3) is 6.08 Å². The molecule has 0 saturated heterocycles. The molecule has 0 atom stereocenters. The molecule has 1 amide bonds. The molecule has 7 heteroatoms. The molecule has 138 valence electrons. The first-order valence-electron chi connectivity index (χ1n) is 8.07. The molecule has 2 aromatic carbocycles. The number of ether oxygens (including phenoxy) is 1. The van der Waals surface area contributed by atoms with E-state index in [2.05, 4.69) is 10.3 Å². The summed E-state index contributed by atoms with van der Waals surface area (Å²) < 4.78 is 32.0. The molecular weight excluding hydrogens is 370 g/mol. The standard InChI is InChI=1S/C20H16F2N2O2S/c1-13-23-18(12-27-13)11-26-19-4-2-3-14(7-19)5-6-20(25)24-17-9-15(21)8-16(22)10-17/h2-10,12H,11H2,1H3,(H,24,25)/b6-5+. The zero-order valence-corrected chi connectivity index (χ0v) is 15.2. The Morgan fingerprint density at radius 2 is 2.00 bits per heavy atom. The number of aryl methyl sites for hydroxylation is 1. The van der Waals surface area contributed by atoms with Crippen molar-refractivity contribution in [3.63, 3.8) is 0 Å². The van der Waals surface area contributed by atoms with Gasteiger partial charge in [-0.2, -0.15) is 0 Å². The maximum absolute atomic E-state index is 13.1. The van der Waals surface area contributed by atoms with Gasteiger partial charge >= 0.3 is 0 Å². The SMILES string of the molecule is Cc1nc(COc2cccc(/C=C/C(=O)Nc3cc(F)cc(F)c3)c2)cs1. The summed E-state index contributed by atoms with van der Waals surface area (Å²) in [5.41, 5.74) is 1.67. The van der Waals surface area contributed by atoms with Gasteiger partial charge in [0.25, 0.3) is 0 Å². The van der Waals surface area contributed by atoms with Crippen molar-refractivity contribution >= 4 is 29.0 Å². The third-order valence-corrected chi connectivity index (χ3v) is 4.29. The number of nitrogens with zero attached hydrogens (tertiary/aromatic N) is 1. The summed E-state index contributed by atoms with van der Waals surface area (Å²) in [5, 5.41) is 5.34. The highest BCUT2D eigenvalue weighted by Crippen LogP contribution is 2.17. The topological polar surface area (TPSA) is 51.2 Å². The molecule has 0 bridgehead atoms. The fraction of sp³-hybridized carbons (Fsp3) is 0.100. The number of anilines is 1. The second kappa shape index (κ2) is 8.55. The van der Waals surface area contributed by atoms with Gasteiger partial charge in [0.2, 0.25) is 5.91 Å². The van der Waals surface area contributed by atoms with Crippen LogP contribution in [0.2, 0.25) is 0 Å². The average molecular weight is 386 g/mol. The molecule has 1 heterocycles. The Balaban J connectivity index is 1.60. The van der Waals surface area contributed by atoms with Gasteiger partial charge < -0.3 is 10.1 Å². The Bertz CT molecular complexity index is 965. The van der Waals surface area contributed by atoms with E-state index in [1.54, 1.807) is 29.5 Å². The largest absolute Gasteiger partial charge is 0.487 e. The molecule has 0 saturated carbocycles. The summed E-state index contributed by atoms with van der Waals surface area (Å²) in [5.74, 6) is -1.36. The van der Waals surface area contributed by atoms with Crippen LogP contribution < -0.4 is 10.1 Å². The van der Waals surface area contributed by atoms with Crippen LogP contribution in [0.3, 0.4) is 0 Å². The predicted octanol–water partition coefficient (Wildman–Crippen LogP) is 4.96. The molecule has 0 aliphatic rings. The first-order chi connectivity index (χ1) is 13.0. The predicted molar refractivity (Wildman–Crippen MR) is 102 cm³/mol. The van der Waals surface area contributed by atoms with Crippen LogP contribution in [0.4, 0.5) is 14.5 Å². The van der Waals surface area contributed by atoms with E-state index in [1.807, 2.05) is 24.4 Å². The van der Waals surface area contributed by atoms with Crippen molar-refractivity contribution in [1.82, 2.24) is 4.98 Å². The third-order valence-electron chi connectivity index (χ3n) is 3.47. The Labute approximate surface area is 159 Å². The number of hydrogen-bond donors (Lipinski definition) is 1. The van der Waals surface area contributed by atoms with E-state index in [9.17, 15) is 13.6 Å². The smallest absolute Gasteiger partial charge is 0.248 e. The molecule has 0 aliphatic carbocycles. The minimum absolute atomic E-state index is 0.0535. The molecular formula is C20H16F2N2O2S. The van der Waals surface area contributed by atoms with Gasteiger partial charge in [0.05, 0.1) is 10.7 Å². The molecule has 3 rings (SSSR count). The fourth-order valence-corrected chi connectivity index (χ4v) is 2.92. The fourth-order valence-electron chi connectivity index (χ4n) is 2.32. The highest BCUT2D eigenvalue weighted by Gasteiger charge is 2.04. The highest BCUT2D eigenvalue weighted by atomic mass is 32.1. The summed E-state index contributed by atoms with van der Waals surface area (Å²) in [6, 6.07) is 10.0. The van der Waals surface area contributed by atoms with Gasteiger partial charge in [0.15, 0.2) is 0 Å². The number of carbonyl (C=O) groups excluding carboxylic acids is 1. The van der Waals surface area contributed by atoms with Crippen molar-refractivity contribution in [1.29, 1.82) is 0 Å². The van der Waals surface area contributed by atoms with Gasteiger partial charge in [-0.25, -0.2) is 13.8 Å². The molecule has 0 unspecified atom stereocenters. The summed E-state index contributed by atoms with van der Waals surface area (Å²) in [6.45, 7) is 2.30. The van der Waals surface area contributed by atoms with Crippen LogP contribution in [-0.2, 0) is 11.4 Å². The van der Waals surface area contributed by atoms with Gasteiger partial charge in [-0.15, -0.1) is 11.3 Å². The summed E-state index contributed by atoms with van der Waals surface area (Å²) in [4.78, 5) is 16.3. The van der Waals surface area contributed by atoms with Crippen LogP contribution >= 0.6 is 11.3 Å². The second-order valence-electron chi connectivity index (χ2n) is 5.70. The number of thiazole rings is 1. The number of aromatic nitrogens is 1. The average Bonchev–Trinajstić information content (AvgIpc) is 3.03. The van der Waals surface area contributed by atoms with E-state index >= 15 is 0 Å². The molecule has 3 aromatic rings. The number of halogens is 2. The van der Waals surface area contributed by atoms with Crippen molar-refractivity contribution in [2.45, 2.75) is 13.5 Å². The van der Waals surface area contributed by atoms with E-state index in [4.69, 9.17) is 4.74 Å². The zero-order chi connectivity index (χ0) is 19.2. The van der Waals surface area contributed by atoms with Gasteiger partial charge in [-0.3, -0.25) is 4.79 Å². The minimum Gasteiger partial charge on any atom is -0.487 e. The lowest BCUT2D eigenvalue weighted by molar-refractivity contribution is -0.111. The van der Waals surface area contributed by atoms with Crippen LogP contribution in [0.15, 0.2) is 53.9 Å². The maximum Gasteiger partial charge on any atom is 0.248 e. The van der Waals surface area contributed by atoms with Gasteiger partial charge in [-0.05, 0) is 42.8 Å². The number of benzene rings is 2. The van der Waals surface area contributed by atoms with Crippen LogP contribution in [0.5, 0.6) is 5.75 Å². The van der Waals surface area contributed by atoms with Crippen LogP contribution in [-0.4, -0.2) is 10.9 Å². The molecule has 0 aliphatic heterocycles. The molecule has 0 spiro atoms.